The number of benzene rings is 2. The lowest BCUT2D eigenvalue weighted by Crippen LogP contribution is -2.16. The van der Waals surface area contributed by atoms with Gasteiger partial charge in [0.05, 0.1) is 156 Å². The number of carbonyl (C=O) groups excluding carboxylic acids is 1. The van der Waals surface area contributed by atoms with Gasteiger partial charge in [0, 0.05) is 12.3 Å². The maximum absolute atomic E-state index is 13.1. The van der Waals surface area contributed by atoms with Crippen molar-refractivity contribution in [3.8, 4) is 0 Å². The van der Waals surface area contributed by atoms with Crippen molar-refractivity contribution in [2.75, 3.05) is 157 Å². The molecule has 59 heavy (non-hydrogen) atoms. The molecule has 0 unspecified atom stereocenters. The van der Waals surface area contributed by atoms with Gasteiger partial charge in [-0.1, -0.05) is 44.4 Å². The largest absolute Gasteiger partial charge is 0.460 e. The average molecular weight is 850 g/mol. The number of hydrogen-bond donors (Lipinski definition) is 1. The van der Waals surface area contributed by atoms with Crippen LogP contribution in [0.5, 0.6) is 0 Å². The summed E-state index contributed by atoms with van der Waals surface area (Å²) in [6.45, 7) is 12.6. The van der Waals surface area contributed by atoms with Crippen molar-refractivity contribution in [2.24, 2.45) is 0 Å². The van der Waals surface area contributed by atoms with Gasteiger partial charge in [-0.15, -0.1) is 0 Å². The maximum Gasteiger partial charge on any atom is 0.416 e. The van der Waals surface area contributed by atoms with E-state index in [9.17, 15) is 18.0 Å². The van der Waals surface area contributed by atoms with Crippen molar-refractivity contribution in [3.63, 3.8) is 0 Å². The first kappa shape index (κ1) is 52.2. The molecule has 0 heterocycles. The summed E-state index contributed by atoms with van der Waals surface area (Å²) < 4.78 is 105. The number of anilines is 2. The number of hydrogen-bond acceptors (Lipinski definition) is 14. The fraction of sp³-hybridized carbons (Fsp3) is 0.690. The van der Waals surface area contributed by atoms with Crippen LogP contribution in [0.2, 0.25) is 0 Å². The Hall–Kier alpha value is -2.94. The van der Waals surface area contributed by atoms with Gasteiger partial charge in [0.1, 0.15) is 6.61 Å². The summed E-state index contributed by atoms with van der Waals surface area (Å²) in [5, 5.41) is 2.86. The van der Waals surface area contributed by atoms with Gasteiger partial charge >= 0.3 is 12.1 Å². The topological polar surface area (TPSA) is 140 Å². The Kier molecular flexibility index (Phi) is 32.6. The molecule has 17 heteroatoms. The van der Waals surface area contributed by atoms with Crippen LogP contribution in [0.1, 0.15) is 48.5 Å². The molecule has 0 fully saturated rings. The molecular formula is C42H66F3NO13. The van der Waals surface area contributed by atoms with Crippen molar-refractivity contribution in [1.82, 2.24) is 0 Å². The quantitative estimate of drug-likeness (QED) is 0.0586. The van der Waals surface area contributed by atoms with Crippen molar-refractivity contribution >= 4 is 17.3 Å². The number of para-hydroxylation sites is 1. The molecule has 0 amide bonds. The molecule has 0 radical (unpaired) electrons. The van der Waals surface area contributed by atoms with Crippen LogP contribution in [0, 0.1) is 0 Å². The number of esters is 1. The number of halogens is 3. The first-order valence-electron chi connectivity index (χ1n) is 20.5. The molecule has 2 aromatic carbocycles. The predicted molar refractivity (Wildman–Crippen MR) is 215 cm³/mol. The zero-order valence-corrected chi connectivity index (χ0v) is 34.7. The Morgan fingerprint density at radius 2 is 0.864 bits per heavy atom. The fourth-order valence-electron chi connectivity index (χ4n) is 4.90. The molecule has 0 aliphatic carbocycles. The highest BCUT2D eigenvalue weighted by Gasteiger charge is 2.30. The van der Waals surface area contributed by atoms with Gasteiger partial charge in [-0.25, -0.2) is 4.79 Å². The molecule has 2 rings (SSSR count). The van der Waals surface area contributed by atoms with Gasteiger partial charge in [-0.05, 0) is 36.8 Å². The molecular weight excluding hydrogens is 783 g/mol. The molecule has 0 bridgehead atoms. The Bertz CT molecular complexity index is 1280. The summed E-state index contributed by atoms with van der Waals surface area (Å²) in [5.74, 6) is -0.629. The average Bonchev–Trinajstić information content (AvgIpc) is 3.23. The molecule has 0 saturated carbocycles. The first-order chi connectivity index (χ1) is 28.9. The fourth-order valence-corrected chi connectivity index (χ4v) is 4.90. The minimum absolute atomic E-state index is 0.00258. The van der Waals surface area contributed by atoms with E-state index in [0.29, 0.717) is 138 Å². The lowest BCUT2D eigenvalue weighted by Gasteiger charge is -2.13. The Balaban J connectivity index is 1.25. The number of unbranched alkanes of at least 4 members (excludes halogenated alkanes) is 3. The smallest absolute Gasteiger partial charge is 0.416 e. The number of alkyl halides is 3. The Morgan fingerprint density at radius 1 is 0.475 bits per heavy atom. The summed E-state index contributed by atoms with van der Waals surface area (Å²) >= 11 is 0. The van der Waals surface area contributed by atoms with Crippen molar-refractivity contribution in [2.45, 2.75) is 38.8 Å². The van der Waals surface area contributed by atoms with Gasteiger partial charge in [0.15, 0.2) is 0 Å². The van der Waals surface area contributed by atoms with E-state index in [1.54, 1.807) is 18.2 Å². The van der Waals surface area contributed by atoms with E-state index in [2.05, 4.69) is 12.2 Å². The second-order valence-electron chi connectivity index (χ2n) is 12.7. The van der Waals surface area contributed by atoms with Crippen LogP contribution in [0.3, 0.4) is 0 Å². The van der Waals surface area contributed by atoms with Crippen molar-refractivity contribution in [1.29, 1.82) is 0 Å². The van der Waals surface area contributed by atoms with Crippen LogP contribution in [0.25, 0.3) is 0 Å². The normalized spacial score (nSPS) is 11.7. The van der Waals surface area contributed by atoms with E-state index in [1.807, 2.05) is 0 Å². The van der Waals surface area contributed by atoms with Crippen LogP contribution >= 0.6 is 0 Å². The zero-order valence-electron chi connectivity index (χ0n) is 34.7. The van der Waals surface area contributed by atoms with Gasteiger partial charge in [-0.2, -0.15) is 13.2 Å². The number of nitrogens with one attached hydrogen (secondary N) is 1. The van der Waals surface area contributed by atoms with E-state index in [1.165, 1.54) is 37.5 Å². The highest BCUT2D eigenvalue weighted by Crippen LogP contribution is 2.32. The molecule has 0 spiro atoms. The molecule has 0 aliphatic heterocycles. The van der Waals surface area contributed by atoms with Gasteiger partial charge in [-0.3, -0.25) is 0 Å². The van der Waals surface area contributed by atoms with Gasteiger partial charge < -0.3 is 62.2 Å². The lowest BCUT2D eigenvalue weighted by atomic mass is 10.1. The van der Waals surface area contributed by atoms with Crippen LogP contribution in [-0.4, -0.2) is 158 Å². The van der Waals surface area contributed by atoms with E-state index in [-0.39, 0.29) is 24.5 Å². The first-order valence-corrected chi connectivity index (χ1v) is 20.5. The highest BCUT2D eigenvalue weighted by atomic mass is 19.4. The zero-order chi connectivity index (χ0) is 42.3. The number of carbonyl (C=O) groups is 1. The number of rotatable bonds is 41. The van der Waals surface area contributed by atoms with Crippen LogP contribution in [0.4, 0.5) is 24.5 Å². The standard InChI is InChI=1S/C42H66F3NO13/c1-2-3-4-7-13-48-14-15-49-16-17-50-18-19-51-20-21-52-22-23-53-24-25-54-26-27-55-28-29-56-30-31-57-32-33-58-34-35-59-41(47)39-11-5-6-12-40(39)46-38-10-8-9-37(36-38)42(43,44)45/h5-6,8-12,36,46H,2-4,7,13-35H2,1H3. The molecule has 338 valence electrons. The summed E-state index contributed by atoms with van der Waals surface area (Å²) in [6, 6.07) is 11.1. The third-order valence-corrected chi connectivity index (χ3v) is 7.94. The third kappa shape index (κ3) is 29.9. The summed E-state index contributed by atoms with van der Waals surface area (Å²) in [7, 11) is 0. The van der Waals surface area contributed by atoms with Crippen LogP contribution < -0.4 is 5.32 Å². The van der Waals surface area contributed by atoms with Crippen molar-refractivity contribution < 1.29 is 74.8 Å². The minimum Gasteiger partial charge on any atom is -0.460 e. The van der Waals surface area contributed by atoms with Gasteiger partial charge in [0.25, 0.3) is 0 Å². The van der Waals surface area contributed by atoms with E-state index < -0.39 is 17.7 Å². The Labute approximate surface area is 347 Å². The van der Waals surface area contributed by atoms with E-state index in [0.717, 1.165) is 25.2 Å². The van der Waals surface area contributed by atoms with Gasteiger partial charge in [0.2, 0.25) is 0 Å². The summed E-state index contributed by atoms with van der Waals surface area (Å²) in [5.41, 5.74) is -0.0913. The summed E-state index contributed by atoms with van der Waals surface area (Å²) in [6.07, 6.45) is 0.362. The molecule has 0 saturated heterocycles. The molecule has 1 N–H and O–H groups in total. The van der Waals surface area contributed by atoms with E-state index >= 15 is 0 Å². The third-order valence-electron chi connectivity index (χ3n) is 7.94. The Morgan fingerprint density at radius 3 is 1.27 bits per heavy atom. The molecule has 0 aliphatic rings. The second-order valence-corrected chi connectivity index (χ2v) is 12.7. The minimum atomic E-state index is -4.48. The molecule has 0 atom stereocenters. The monoisotopic (exact) mass is 849 g/mol. The SMILES string of the molecule is CCCCCCOCCOCCOCCOCCOCCOCCOCCOCCOCCOCCOCCOC(=O)c1ccccc1Nc1cccc(C(F)(F)F)c1. The van der Waals surface area contributed by atoms with Crippen LogP contribution in [-0.2, 0) is 63.0 Å². The highest BCUT2D eigenvalue weighted by molar-refractivity contribution is 5.96. The predicted octanol–water partition coefficient (Wildman–Crippen LogP) is 6.37. The molecule has 14 nitrogen and oxygen atoms in total. The maximum atomic E-state index is 13.1. The lowest BCUT2D eigenvalue weighted by molar-refractivity contribution is -0.137. The second kappa shape index (κ2) is 36.9. The molecule has 0 aromatic heterocycles. The molecule has 2 aromatic rings. The van der Waals surface area contributed by atoms with E-state index in [4.69, 9.17) is 56.8 Å². The van der Waals surface area contributed by atoms with Crippen molar-refractivity contribution in [3.05, 3.63) is 59.7 Å². The summed E-state index contributed by atoms with van der Waals surface area (Å²) in [4.78, 5) is 12.6. The van der Waals surface area contributed by atoms with Crippen LogP contribution in [0.15, 0.2) is 48.5 Å². The number of ether oxygens (including phenoxy) is 12.